The minimum Gasteiger partial charge on any atom is -0.318 e. The summed E-state index contributed by atoms with van der Waals surface area (Å²) in [5, 5.41) is 14.5. The topological polar surface area (TPSA) is 50.9 Å². The molecule has 9 rings (SSSR count). The first-order chi connectivity index (χ1) is 23.7. The van der Waals surface area contributed by atoms with Crippen LogP contribution in [-0.2, 0) is 0 Å². The molecule has 5 nitrogen and oxygen atoms in total. The molecule has 222 valence electrons. The molecule has 0 radical (unpaired) electrons. The minimum absolute atomic E-state index is 0.325. The highest BCUT2D eigenvalue weighted by atomic mass is 15.0. The van der Waals surface area contributed by atoms with Crippen LogP contribution in [0.1, 0.15) is 5.69 Å². The van der Waals surface area contributed by atoms with Gasteiger partial charge >= 0.3 is 0 Å². The number of pyridine rings is 1. The lowest BCUT2D eigenvalue weighted by molar-refractivity contribution is 1.18. The van der Waals surface area contributed by atoms with Gasteiger partial charge in [-0.25, -0.2) is 9.83 Å². The third kappa shape index (κ3) is 4.06. The van der Waals surface area contributed by atoms with Gasteiger partial charge in [-0.3, -0.25) is 0 Å². The van der Waals surface area contributed by atoms with Gasteiger partial charge in [0, 0.05) is 44.6 Å². The SMILES string of the molecule is [C-]#[N+]c1cc(-c2cc(-c3ccccc3)cnc2C#N)ccc1-n1c2ccccc2c2ccc3c(c4ccccc4n3-c3ccccc3)c21. The summed E-state index contributed by atoms with van der Waals surface area (Å²) in [5.74, 6) is 0. The molecule has 0 saturated carbocycles. The summed E-state index contributed by atoms with van der Waals surface area (Å²) in [7, 11) is 0. The Balaban J connectivity index is 1.34. The van der Waals surface area contributed by atoms with Crippen molar-refractivity contribution >= 4 is 49.3 Å². The van der Waals surface area contributed by atoms with Gasteiger partial charge in [-0.1, -0.05) is 97.1 Å². The van der Waals surface area contributed by atoms with E-state index in [0.29, 0.717) is 16.9 Å². The third-order valence-corrected chi connectivity index (χ3v) is 9.23. The zero-order chi connectivity index (χ0) is 32.2. The van der Waals surface area contributed by atoms with E-state index in [-0.39, 0.29) is 0 Å². The maximum atomic E-state index is 10.0. The van der Waals surface area contributed by atoms with Crippen LogP contribution >= 0.6 is 0 Å². The van der Waals surface area contributed by atoms with Crippen molar-refractivity contribution in [3.8, 4) is 39.7 Å². The van der Waals surface area contributed by atoms with E-state index in [1.807, 2.05) is 66.7 Å². The molecule has 48 heavy (non-hydrogen) atoms. The second-order valence-electron chi connectivity index (χ2n) is 11.8. The maximum Gasteiger partial charge on any atom is 0.211 e. The van der Waals surface area contributed by atoms with Crippen molar-refractivity contribution in [2.24, 2.45) is 0 Å². The molecule has 3 aromatic heterocycles. The number of benzene rings is 6. The van der Waals surface area contributed by atoms with Crippen LogP contribution in [0.2, 0.25) is 0 Å². The van der Waals surface area contributed by atoms with Crippen LogP contribution in [0.3, 0.4) is 0 Å². The van der Waals surface area contributed by atoms with Crippen LogP contribution in [-0.4, -0.2) is 14.1 Å². The predicted octanol–water partition coefficient (Wildman–Crippen LogP) is 11.0. The van der Waals surface area contributed by atoms with Gasteiger partial charge in [0.2, 0.25) is 5.69 Å². The average molecular weight is 612 g/mol. The number of nitrogens with zero attached hydrogens (tertiary/aromatic N) is 5. The first-order valence-corrected chi connectivity index (χ1v) is 15.7. The lowest BCUT2D eigenvalue weighted by Gasteiger charge is -2.14. The molecule has 0 aliphatic carbocycles. The van der Waals surface area contributed by atoms with E-state index in [2.05, 4.69) is 104 Å². The second kappa shape index (κ2) is 10.8. The summed E-state index contributed by atoms with van der Waals surface area (Å²) in [6.45, 7) is 8.38. The molecule has 0 N–H and O–H groups in total. The van der Waals surface area contributed by atoms with Gasteiger partial charge in [0.1, 0.15) is 11.8 Å². The van der Waals surface area contributed by atoms with E-state index in [0.717, 1.165) is 71.7 Å². The van der Waals surface area contributed by atoms with Crippen LogP contribution in [0, 0.1) is 17.9 Å². The summed E-state index contributed by atoms with van der Waals surface area (Å²) in [5.41, 5.74) is 10.4. The van der Waals surface area contributed by atoms with Crippen molar-refractivity contribution in [3.05, 3.63) is 169 Å². The monoisotopic (exact) mass is 611 g/mol. The van der Waals surface area contributed by atoms with E-state index < -0.39 is 0 Å². The molecule has 0 spiro atoms. The first-order valence-electron chi connectivity index (χ1n) is 15.7. The normalized spacial score (nSPS) is 11.3. The summed E-state index contributed by atoms with van der Waals surface area (Å²) >= 11 is 0. The smallest absolute Gasteiger partial charge is 0.211 e. The highest BCUT2D eigenvalue weighted by Crippen LogP contribution is 2.44. The Bertz CT molecular complexity index is 2790. The molecule has 5 heteroatoms. The zero-order valence-corrected chi connectivity index (χ0v) is 25.7. The Kier molecular flexibility index (Phi) is 6.18. The van der Waals surface area contributed by atoms with Gasteiger partial charge in [-0.2, -0.15) is 5.26 Å². The Hall–Kier alpha value is -6.95. The van der Waals surface area contributed by atoms with Gasteiger partial charge in [-0.05, 0) is 59.7 Å². The van der Waals surface area contributed by atoms with Gasteiger partial charge in [0.15, 0.2) is 0 Å². The molecular weight excluding hydrogens is 587 g/mol. The van der Waals surface area contributed by atoms with E-state index in [1.165, 1.54) is 0 Å². The number of para-hydroxylation sites is 3. The Labute approximate surface area is 276 Å². The highest BCUT2D eigenvalue weighted by molar-refractivity contribution is 6.26. The molecule has 0 atom stereocenters. The van der Waals surface area contributed by atoms with Gasteiger partial charge in [-0.15, -0.1) is 0 Å². The standard InChI is InChI=1S/C43H25N5/c1-45-36-25-29(35-24-30(27-46-37(35)26-44)28-12-4-2-5-13-28)20-22-40(36)48-38-18-10-8-16-32(38)33-21-23-41-42(43(33)48)34-17-9-11-19-39(34)47(41)31-14-6-3-7-15-31/h2-25,27H. The summed E-state index contributed by atoms with van der Waals surface area (Å²) in [4.78, 5) is 8.58. The summed E-state index contributed by atoms with van der Waals surface area (Å²) in [6, 6.07) is 52.0. The molecule has 3 heterocycles. The predicted molar refractivity (Wildman–Crippen MR) is 195 cm³/mol. The zero-order valence-electron chi connectivity index (χ0n) is 25.7. The number of aromatic nitrogens is 3. The van der Waals surface area contributed by atoms with Crippen molar-refractivity contribution in [1.82, 2.24) is 14.1 Å². The van der Waals surface area contributed by atoms with Crippen LogP contribution in [0.5, 0.6) is 0 Å². The molecule has 0 amide bonds. The van der Waals surface area contributed by atoms with Crippen molar-refractivity contribution in [2.75, 3.05) is 0 Å². The molecule has 0 saturated heterocycles. The number of hydrogen-bond acceptors (Lipinski definition) is 2. The summed E-state index contributed by atoms with van der Waals surface area (Å²) < 4.78 is 4.57. The van der Waals surface area contributed by atoms with Crippen molar-refractivity contribution in [3.63, 3.8) is 0 Å². The Morgan fingerprint density at radius 3 is 2.02 bits per heavy atom. The van der Waals surface area contributed by atoms with Crippen LogP contribution in [0.25, 0.3) is 82.1 Å². The third-order valence-electron chi connectivity index (χ3n) is 9.23. The number of nitriles is 1. The van der Waals surface area contributed by atoms with Crippen LogP contribution in [0.15, 0.2) is 152 Å². The van der Waals surface area contributed by atoms with E-state index in [9.17, 15) is 5.26 Å². The summed E-state index contributed by atoms with van der Waals surface area (Å²) in [6.07, 6.45) is 1.73. The van der Waals surface area contributed by atoms with E-state index in [1.54, 1.807) is 6.20 Å². The van der Waals surface area contributed by atoms with Crippen molar-refractivity contribution in [1.29, 1.82) is 5.26 Å². The fourth-order valence-corrected chi connectivity index (χ4v) is 7.15. The lowest BCUT2D eigenvalue weighted by Crippen LogP contribution is -1.97. The first kappa shape index (κ1) is 27.4. The Morgan fingerprint density at radius 2 is 1.27 bits per heavy atom. The van der Waals surface area contributed by atoms with E-state index in [4.69, 9.17) is 6.57 Å². The van der Waals surface area contributed by atoms with Crippen LogP contribution < -0.4 is 0 Å². The van der Waals surface area contributed by atoms with Gasteiger partial charge in [0.05, 0.1) is 34.3 Å². The largest absolute Gasteiger partial charge is 0.318 e. The maximum absolute atomic E-state index is 10.0. The number of rotatable bonds is 4. The van der Waals surface area contributed by atoms with Crippen LogP contribution in [0.4, 0.5) is 5.69 Å². The molecule has 0 fully saturated rings. The fourth-order valence-electron chi connectivity index (χ4n) is 7.15. The molecular formula is C43H25N5. The number of fused-ring (bicyclic) bond motifs is 7. The molecule has 0 aliphatic heterocycles. The second-order valence-corrected chi connectivity index (χ2v) is 11.8. The number of hydrogen-bond donors (Lipinski definition) is 0. The van der Waals surface area contributed by atoms with Gasteiger partial charge in [0.25, 0.3) is 0 Å². The fraction of sp³-hybridized carbons (Fsp3) is 0. The molecule has 0 bridgehead atoms. The van der Waals surface area contributed by atoms with Gasteiger partial charge < -0.3 is 9.13 Å². The highest BCUT2D eigenvalue weighted by Gasteiger charge is 2.22. The van der Waals surface area contributed by atoms with Crippen molar-refractivity contribution < 1.29 is 0 Å². The molecule has 0 unspecified atom stereocenters. The molecule has 6 aromatic carbocycles. The Morgan fingerprint density at radius 1 is 0.583 bits per heavy atom. The molecule has 0 aliphatic rings. The average Bonchev–Trinajstić information content (AvgIpc) is 3.68. The van der Waals surface area contributed by atoms with Crippen molar-refractivity contribution in [2.45, 2.75) is 0 Å². The molecule has 9 aromatic rings. The van der Waals surface area contributed by atoms with E-state index >= 15 is 0 Å². The minimum atomic E-state index is 0.325. The lowest BCUT2D eigenvalue weighted by atomic mass is 9.98. The quantitative estimate of drug-likeness (QED) is 0.186.